The van der Waals surface area contributed by atoms with Crippen LogP contribution in [-0.2, 0) is 13.1 Å². The van der Waals surface area contributed by atoms with Gasteiger partial charge in [0.1, 0.15) is 0 Å². The lowest BCUT2D eigenvalue weighted by Crippen LogP contribution is -2.29. The number of nitro benzene ring substituents is 1. The Bertz CT molecular complexity index is 1380. The minimum Gasteiger partial charge on any atom is -0.346 e. The Balaban J connectivity index is 1.65. The van der Waals surface area contributed by atoms with Crippen molar-refractivity contribution in [3.05, 3.63) is 110 Å². The smallest absolute Gasteiger partial charge is 0.275 e. The van der Waals surface area contributed by atoms with Crippen LogP contribution in [0.3, 0.4) is 0 Å². The standard InChI is InChI=1S/C23H19N5O4/c1-15-9-10-16(12-21(15)28(31)32)22(29)25-13-20-18-7-2-3-8-19(18)23(30)27(26-20)14-17-6-4-5-11-24-17/h2-12H,13-14H2,1H3,(H,25,29). The van der Waals surface area contributed by atoms with E-state index < -0.39 is 10.8 Å². The maximum atomic E-state index is 12.9. The van der Waals surface area contributed by atoms with E-state index in [9.17, 15) is 19.7 Å². The maximum absolute atomic E-state index is 12.9. The van der Waals surface area contributed by atoms with E-state index in [0.717, 1.165) is 0 Å². The first-order valence-electron chi connectivity index (χ1n) is 9.86. The van der Waals surface area contributed by atoms with Crippen LogP contribution < -0.4 is 10.9 Å². The number of amides is 1. The molecule has 1 N–H and O–H groups in total. The largest absolute Gasteiger partial charge is 0.346 e. The van der Waals surface area contributed by atoms with Gasteiger partial charge in [-0.15, -0.1) is 0 Å². The summed E-state index contributed by atoms with van der Waals surface area (Å²) < 4.78 is 1.32. The van der Waals surface area contributed by atoms with Gasteiger partial charge in [0, 0.05) is 28.8 Å². The SMILES string of the molecule is Cc1ccc(C(=O)NCc2nn(Cc3ccccn3)c(=O)c3ccccc23)cc1[N+](=O)[O-]. The molecule has 32 heavy (non-hydrogen) atoms. The Labute approximate surface area is 182 Å². The molecule has 9 heteroatoms. The van der Waals surface area contributed by atoms with Crippen molar-refractivity contribution in [2.24, 2.45) is 0 Å². The average Bonchev–Trinajstić information content (AvgIpc) is 2.80. The summed E-state index contributed by atoms with van der Waals surface area (Å²) in [5.74, 6) is -0.471. The molecule has 0 bridgehead atoms. The highest BCUT2D eigenvalue weighted by molar-refractivity contribution is 5.95. The lowest BCUT2D eigenvalue weighted by Gasteiger charge is -2.12. The van der Waals surface area contributed by atoms with Crippen LogP contribution in [0.2, 0.25) is 0 Å². The van der Waals surface area contributed by atoms with Crippen molar-refractivity contribution in [3.8, 4) is 0 Å². The van der Waals surface area contributed by atoms with Crippen molar-refractivity contribution < 1.29 is 9.72 Å². The maximum Gasteiger partial charge on any atom is 0.275 e. The van der Waals surface area contributed by atoms with Crippen LogP contribution in [-0.4, -0.2) is 25.6 Å². The Hall–Kier alpha value is -4.40. The third kappa shape index (κ3) is 4.22. The van der Waals surface area contributed by atoms with E-state index in [-0.39, 0.29) is 29.9 Å². The van der Waals surface area contributed by atoms with Crippen molar-refractivity contribution in [2.75, 3.05) is 0 Å². The molecule has 9 nitrogen and oxygen atoms in total. The van der Waals surface area contributed by atoms with Gasteiger partial charge >= 0.3 is 0 Å². The van der Waals surface area contributed by atoms with Crippen LogP contribution in [0.1, 0.15) is 27.3 Å². The molecule has 2 aromatic carbocycles. The predicted molar refractivity (Wildman–Crippen MR) is 118 cm³/mol. The molecule has 1 amide bonds. The molecule has 0 saturated heterocycles. The van der Waals surface area contributed by atoms with Gasteiger partial charge in [0.2, 0.25) is 0 Å². The van der Waals surface area contributed by atoms with E-state index >= 15 is 0 Å². The van der Waals surface area contributed by atoms with Crippen molar-refractivity contribution in [2.45, 2.75) is 20.0 Å². The number of aryl methyl sites for hydroxylation is 1. The summed E-state index contributed by atoms with van der Waals surface area (Å²) in [7, 11) is 0. The molecular weight excluding hydrogens is 410 g/mol. The average molecular weight is 429 g/mol. The summed E-state index contributed by atoms with van der Waals surface area (Å²) >= 11 is 0. The number of pyridine rings is 1. The molecule has 0 aliphatic carbocycles. The highest BCUT2D eigenvalue weighted by atomic mass is 16.6. The molecule has 4 rings (SSSR count). The topological polar surface area (TPSA) is 120 Å². The molecule has 0 radical (unpaired) electrons. The molecule has 2 aromatic heterocycles. The number of carbonyl (C=O) groups is 1. The highest BCUT2D eigenvalue weighted by Crippen LogP contribution is 2.19. The Kier molecular flexibility index (Phi) is 5.71. The van der Waals surface area contributed by atoms with Crippen LogP contribution >= 0.6 is 0 Å². The Morgan fingerprint density at radius 1 is 1.09 bits per heavy atom. The van der Waals surface area contributed by atoms with Gasteiger partial charge in [-0.3, -0.25) is 24.7 Å². The molecule has 4 aromatic rings. The second-order valence-electron chi connectivity index (χ2n) is 7.22. The lowest BCUT2D eigenvalue weighted by atomic mass is 10.1. The van der Waals surface area contributed by atoms with E-state index in [1.807, 2.05) is 6.07 Å². The predicted octanol–water partition coefficient (Wildman–Crippen LogP) is 2.99. The van der Waals surface area contributed by atoms with Crippen LogP contribution in [0.15, 0.2) is 71.7 Å². The van der Waals surface area contributed by atoms with Gasteiger partial charge in [0.05, 0.1) is 34.8 Å². The number of nitrogens with one attached hydrogen (secondary N) is 1. The minimum atomic E-state index is -0.519. The van der Waals surface area contributed by atoms with Crippen molar-refractivity contribution >= 4 is 22.4 Å². The number of nitrogens with zero attached hydrogens (tertiary/aromatic N) is 4. The number of aromatic nitrogens is 3. The molecule has 0 saturated carbocycles. The first kappa shape index (κ1) is 20.9. The molecule has 0 unspecified atom stereocenters. The zero-order valence-corrected chi connectivity index (χ0v) is 17.2. The summed E-state index contributed by atoms with van der Waals surface area (Å²) in [5.41, 5.74) is 1.46. The highest BCUT2D eigenvalue weighted by Gasteiger charge is 2.16. The zero-order valence-electron chi connectivity index (χ0n) is 17.2. The summed E-state index contributed by atoms with van der Waals surface area (Å²) in [6.07, 6.45) is 1.64. The lowest BCUT2D eigenvalue weighted by molar-refractivity contribution is -0.385. The fourth-order valence-corrected chi connectivity index (χ4v) is 3.40. The van der Waals surface area contributed by atoms with Gasteiger partial charge < -0.3 is 5.32 Å². The van der Waals surface area contributed by atoms with Gasteiger partial charge in [-0.2, -0.15) is 5.10 Å². The third-order valence-electron chi connectivity index (χ3n) is 5.07. The van der Waals surface area contributed by atoms with E-state index in [1.165, 1.54) is 22.9 Å². The second-order valence-corrected chi connectivity index (χ2v) is 7.22. The van der Waals surface area contributed by atoms with Gasteiger partial charge in [0.15, 0.2) is 0 Å². The Morgan fingerprint density at radius 2 is 1.84 bits per heavy atom. The van der Waals surface area contributed by atoms with Crippen LogP contribution in [0, 0.1) is 17.0 Å². The van der Waals surface area contributed by atoms with E-state index in [1.54, 1.807) is 49.5 Å². The number of hydrogen-bond acceptors (Lipinski definition) is 6. The van der Waals surface area contributed by atoms with Crippen molar-refractivity contribution in [1.29, 1.82) is 0 Å². The first-order valence-corrected chi connectivity index (χ1v) is 9.86. The van der Waals surface area contributed by atoms with Gasteiger partial charge in [-0.1, -0.05) is 30.3 Å². The summed E-state index contributed by atoms with van der Waals surface area (Å²) in [4.78, 5) is 40.4. The van der Waals surface area contributed by atoms with Gasteiger partial charge in [0.25, 0.3) is 17.2 Å². The Morgan fingerprint density at radius 3 is 2.56 bits per heavy atom. The monoisotopic (exact) mass is 429 g/mol. The fraction of sp³-hybridized carbons (Fsp3) is 0.130. The zero-order chi connectivity index (χ0) is 22.7. The van der Waals surface area contributed by atoms with E-state index in [2.05, 4.69) is 15.4 Å². The number of fused-ring (bicyclic) bond motifs is 1. The minimum absolute atomic E-state index is 0.0452. The van der Waals surface area contributed by atoms with Crippen molar-refractivity contribution in [3.63, 3.8) is 0 Å². The fourth-order valence-electron chi connectivity index (χ4n) is 3.40. The first-order chi connectivity index (χ1) is 15.4. The van der Waals surface area contributed by atoms with Gasteiger partial charge in [-0.05, 0) is 31.2 Å². The number of carbonyl (C=O) groups excluding carboxylic acids is 1. The molecule has 0 aliphatic rings. The normalized spacial score (nSPS) is 10.8. The number of rotatable bonds is 6. The number of benzene rings is 2. The quantitative estimate of drug-likeness (QED) is 0.372. The van der Waals surface area contributed by atoms with Crippen molar-refractivity contribution in [1.82, 2.24) is 20.1 Å². The molecule has 0 spiro atoms. The molecular formula is C23H19N5O4. The molecule has 0 aliphatic heterocycles. The number of hydrogen-bond donors (Lipinski definition) is 1. The molecule has 0 atom stereocenters. The number of nitro groups is 1. The van der Waals surface area contributed by atoms with Crippen LogP contribution in [0.4, 0.5) is 5.69 Å². The molecule has 160 valence electrons. The summed E-state index contributed by atoms with van der Waals surface area (Å²) in [6, 6.07) is 16.8. The molecule has 0 fully saturated rings. The van der Waals surface area contributed by atoms with Crippen LogP contribution in [0.5, 0.6) is 0 Å². The second kappa shape index (κ2) is 8.76. The van der Waals surface area contributed by atoms with E-state index in [4.69, 9.17) is 0 Å². The summed E-state index contributed by atoms with van der Waals surface area (Å²) in [6.45, 7) is 1.85. The third-order valence-corrected chi connectivity index (χ3v) is 5.07. The van der Waals surface area contributed by atoms with Gasteiger partial charge in [-0.25, -0.2) is 4.68 Å². The molecule has 2 heterocycles. The summed E-state index contributed by atoms with van der Waals surface area (Å²) in [5, 5.41) is 19.5. The van der Waals surface area contributed by atoms with E-state index in [0.29, 0.717) is 27.7 Å². The van der Waals surface area contributed by atoms with Crippen LogP contribution in [0.25, 0.3) is 10.8 Å².